The van der Waals surface area contributed by atoms with Gasteiger partial charge in [0.15, 0.2) is 0 Å². The Balaban J connectivity index is 2.67. The fourth-order valence-electron chi connectivity index (χ4n) is 2.06. The highest BCUT2D eigenvalue weighted by Gasteiger charge is 2.33. The van der Waals surface area contributed by atoms with Gasteiger partial charge in [0.25, 0.3) is 0 Å². The molecule has 0 aliphatic rings. The molecular formula is C15H14F3N. The lowest BCUT2D eigenvalue weighted by molar-refractivity contribution is -0.137. The van der Waals surface area contributed by atoms with Gasteiger partial charge >= 0.3 is 6.18 Å². The first-order chi connectivity index (χ1) is 8.91. The molecule has 0 atom stereocenters. The summed E-state index contributed by atoms with van der Waals surface area (Å²) in [5.41, 5.74) is 0.947. The zero-order valence-corrected chi connectivity index (χ0v) is 10.7. The van der Waals surface area contributed by atoms with E-state index in [-0.39, 0.29) is 5.56 Å². The summed E-state index contributed by atoms with van der Waals surface area (Å²) in [6, 6.07) is 12.7. The van der Waals surface area contributed by atoms with E-state index in [2.05, 4.69) is 0 Å². The molecule has 0 aliphatic carbocycles. The summed E-state index contributed by atoms with van der Waals surface area (Å²) >= 11 is 0. The van der Waals surface area contributed by atoms with E-state index in [9.17, 15) is 13.2 Å². The van der Waals surface area contributed by atoms with Crippen LogP contribution in [0.3, 0.4) is 0 Å². The fourth-order valence-corrected chi connectivity index (χ4v) is 2.06. The molecule has 0 unspecified atom stereocenters. The van der Waals surface area contributed by atoms with Gasteiger partial charge in [-0.05, 0) is 17.7 Å². The van der Waals surface area contributed by atoms with Crippen molar-refractivity contribution in [2.75, 3.05) is 19.0 Å². The summed E-state index contributed by atoms with van der Waals surface area (Å²) in [6.45, 7) is 0. The maximum Gasteiger partial charge on any atom is 0.417 e. The maximum atomic E-state index is 13.1. The smallest absolute Gasteiger partial charge is 0.377 e. The molecule has 0 aliphatic heterocycles. The van der Waals surface area contributed by atoms with Crippen LogP contribution in [0, 0.1) is 0 Å². The molecule has 0 saturated carbocycles. The van der Waals surface area contributed by atoms with Crippen LogP contribution in [0.4, 0.5) is 18.9 Å². The van der Waals surface area contributed by atoms with Gasteiger partial charge in [-0.3, -0.25) is 0 Å². The monoisotopic (exact) mass is 265 g/mol. The molecule has 0 bridgehead atoms. The number of nitrogens with zero attached hydrogens (tertiary/aromatic N) is 1. The summed E-state index contributed by atoms with van der Waals surface area (Å²) in [5.74, 6) is 0. The van der Waals surface area contributed by atoms with Crippen molar-refractivity contribution in [3.8, 4) is 11.1 Å². The normalized spacial score (nSPS) is 11.4. The molecule has 1 nitrogen and oxygen atoms in total. The Morgan fingerprint density at radius 1 is 0.789 bits per heavy atom. The molecule has 4 heteroatoms. The van der Waals surface area contributed by atoms with Crippen LogP contribution in [0.15, 0.2) is 48.5 Å². The molecule has 19 heavy (non-hydrogen) atoms. The SMILES string of the molecule is CN(C)c1ccccc1-c1ccccc1C(F)(F)F. The summed E-state index contributed by atoms with van der Waals surface area (Å²) < 4.78 is 39.2. The molecule has 0 saturated heterocycles. The number of anilines is 1. The maximum absolute atomic E-state index is 13.1. The second-order valence-electron chi connectivity index (χ2n) is 4.45. The zero-order chi connectivity index (χ0) is 14.0. The van der Waals surface area contributed by atoms with Gasteiger partial charge < -0.3 is 4.90 Å². The van der Waals surface area contributed by atoms with Crippen molar-refractivity contribution in [3.63, 3.8) is 0 Å². The summed E-state index contributed by atoms with van der Waals surface area (Å²) in [5, 5.41) is 0. The van der Waals surface area contributed by atoms with E-state index in [0.29, 0.717) is 5.56 Å². The molecule has 2 aromatic carbocycles. The van der Waals surface area contributed by atoms with Gasteiger partial charge in [-0.25, -0.2) is 0 Å². The van der Waals surface area contributed by atoms with Crippen molar-refractivity contribution in [2.24, 2.45) is 0 Å². The number of halogens is 3. The quantitative estimate of drug-likeness (QED) is 0.776. The van der Waals surface area contributed by atoms with Crippen LogP contribution >= 0.6 is 0 Å². The van der Waals surface area contributed by atoms with Gasteiger partial charge in [0.05, 0.1) is 5.56 Å². The second-order valence-corrected chi connectivity index (χ2v) is 4.45. The van der Waals surface area contributed by atoms with Crippen molar-refractivity contribution in [3.05, 3.63) is 54.1 Å². The number of rotatable bonds is 2. The van der Waals surface area contributed by atoms with Gasteiger partial charge in [-0.1, -0.05) is 36.4 Å². The first-order valence-corrected chi connectivity index (χ1v) is 5.84. The molecule has 2 aromatic rings. The van der Waals surface area contributed by atoms with E-state index in [4.69, 9.17) is 0 Å². The van der Waals surface area contributed by atoms with Crippen LogP contribution in [0.25, 0.3) is 11.1 Å². The van der Waals surface area contributed by atoms with Crippen LogP contribution in [0.5, 0.6) is 0 Å². The number of hydrogen-bond donors (Lipinski definition) is 0. The first-order valence-electron chi connectivity index (χ1n) is 5.84. The van der Waals surface area contributed by atoms with Crippen molar-refractivity contribution in [2.45, 2.75) is 6.18 Å². The predicted octanol–water partition coefficient (Wildman–Crippen LogP) is 4.44. The molecule has 0 amide bonds. The van der Waals surface area contributed by atoms with Gasteiger partial charge in [0.1, 0.15) is 0 Å². The minimum Gasteiger partial charge on any atom is -0.377 e. The van der Waals surface area contributed by atoms with E-state index in [1.165, 1.54) is 12.1 Å². The van der Waals surface area contributed by atoms with Crippen molar-refractivity contribution < 1.29 is 13.2 Å². The average molecular weight is 265 g/mol. The molecule has 0 N–H and O–H groups in total. The van der Waals surface area contributed by atoms with Crippen LogP contribution in [-0.2, 0) is 6.18 Å². The van der Waals surface area contributed by atoms with Crippen molar-refractivity contribution >= 4 is 5.69 Å². The Bertz CT molecular complexity index is 574. The van der Waals surface area contributed by atoms with Crippen molar-refractivity contribution in [1.29, 1.82) is 0 Å². The lowest BCUT2D eigenvalue weighted by atomic mass is 9.97. The highest BCUT2D eigenvalue weighted by atomic mass is 19.4. The molecule has 0 fully saturated rings. The molecular weight excluding hydrogens is 251 g/mol. The van der Waals surface area contributed by atoms with Crippen LogP contribution < -0.4 is 4.90 Å². The minimum atomic E-state index is -4.35. The van der Waals surface area contributed by atoms with Gasteiger partial charge in [-0.2, -0.15) is 13.2 Å². The van der Waals surface area contributed by atoms with E-state index in [1.54, 1.807) is 18.2 Å². The second kappa shape index (κ2) is 4.96. The lowest BCUT2D eigenvalue weighted by Gasteiger charge is -2.20. The molecule has 0 heterocycles. The standard InChI is InChI=1S/C15H14F3N/c1-19(2)14-10-6-4-8-12(14)11-7-3-5-9-13(11)15(16,17)18/h3-10H,1-2H3. The molecule has 0 spiro atoms. The van der Waals surface area contributed by atoms with Gasteiger partial charge in [0, 0.05) is 25.3 Å². The highest BCUT2D eigenvalue weighted by molar-refractivity contribution is 5.80. The molecule has 100 valence electrons. The first kappa shape index (κ1) is 13.5. The van der Waals surface area contributed by atoms with E-state index in [1.807, 2.05) is 31.1 Å². The average Bonchev–Trinajstić information content (AvgIpc) is 2.37. The van der Waals surface area contributed by atoms with E-state index < -0.39 is 11.7 Å². The largest absolute Gasteiger partial charge is 0.417 e. The zero-order valence-electron chi connectivity index (χ0n) is 10.7. The third-order valence-electron chi connectivity index (χ3n) is 2.91. The Labute approximate surface area is 110 Å². The minimum absolute atomic E-state index is 0.208. The van der Waals surface area contributed by atoms with Crippen LogP contribution in [-0.4, -0.2) is 14.1 Å². The summed E-state index contributed by atoms with van der Waals surface area (Å²) in [4.78, 5) is 1.81. The number of benzene rings is 2. The van der Waals surface area contributed by atoms with Gasteiger partial charge in [-0.15, -0.1) is 0 Å². The van der Waals surface area contributed by atoms with E-state index >= 15 is 0 Å². The van der Waals surface area contributed by atoms with Crippen LogP contribution in [0.2, 0.25) is 0 Å². The number of alkyl halides is 3. The predicted molar refractivity (Wildman–Crippen MR) is 71.2 cm³/mol. The highest BCUT2D eigenvalue weighted by Crippen LogP contribution is 2.39. The topological polar surface area (TPSA) is 3.24 Å². The Morgan fingerprint density at radius 2 is 1.32 bits per heavy atom. The summed E-state index contributed by atoms with van der Waals surface area (Å²) in [7, 11) is 3.63. The Morgan fingerprint density at radius 3 is 1.89 bits per heavy atom. The van der Waals surface area contributed by atoms with E-state index in [0.717, 1.165) is 11.8 Å². The van der Waals surface area contributed by atoms with Crippen LogP contribution in [0.1, 0.15) is 5.56 Å². The Kier molecular flexibility index (Phi) is 3.51. The Hall–Kier alpha value is -1.97. The lowest BCUT2D eigenvalue weighted by Crippen LogP contribution is -2.12. The number of para-hydroxylation sites is 1. The number of hydrogen-bond acceptors (Lipinski definition) is 1. The third kappa shape index (κ3) is 2.72. The summed E-state index contributed by atoms with van der Waals surface area (Å²) in [6.07, 6.45) is -4.35. The third-order valence-corrected chi connectivity index (χ3v) is 2.91. The fraction of sp³-hybridized carbons (Fsp3) is 0.200. The van der Waals surface area contributed by atoms with Crippen molar-refractivity contribution in [1.82, 2.24) is 0 Å². The molecule has 0 radical (unpaired) electrons. The van der Waals surface area contributed by atoms with Gasteiger partial charge in [0.2, 0.25) is 0 Å². The molecule has 2 rings (SSSR count). The molecule has 0 aromatic heterocycles.